The smallest absolute Gasteiger partial charge is 0.256 e. The van der Waals surface area contributed by atoms with E-state index in [0.717, 1.165) is 32.8 Å². The summed E-state index contributed by atoms with van der Waals surface area (Å²) in [5, 5.41) is 3.28. The summed E-state index contributed by atoms with van der Waals surface area (Å²) >= 11 is 8.36. The number of nitrogens with one attached hydrogen (secondary N) is 1. The minimum atomic E-state index is 0.114. The fourth-order valence-electron chi connectivity index (χ4n) is 1.78. The van der Waals surface area contributed by atoms with Crippen molar-refractivity contribution in [3.63, 3.8) is 0 Å². The first-order valence-corrected chi connectivity index (χ1v) is 7.46. The lowest BCUT2D eigenvalue weighted by molar-refractivity contribution is 0.0655. The van der Waals surface area contributed by atoms with E-state index in [-0.39, 0.29) is 11.9 Å². The molecule has 1 fully saturated rings. The number of rotatable bonds is 1. The van der Waals surface area contributed by atoms with Gasteiger partial charge in [-0.3, -0.25) is 4.79 Å². The molecule has 3 nitrogen and oxygen atoms in total. The van der Waals surface area contributed by atoms with E-state index in [4.69, 9.17) is 0 Å². The van der Waals surface area contributed by atoms with Crippen molar-refractivity contribution in [3.8, 4) is 0 Å². The van der Waals surface area contributed by atoms with Crippen LogP contribution < -0.4 is 5.32 Å². The molecule has 1 N–H and O–H groups in total. The van der Waals surface area contributed by atoms with E-state index in [2.05, 4.69) is 44.1 Å². The van der Waals surface area contributed by atoms with Crippen LogP contribution in [0.2, 0.25) is 0 Å². The molecule has 0 saturated carbocycles. The molecular formula is C10H12Br2N2OS. The number of carbonyl (C=O) groups is 1. The summed E-state index contributed by atoms with van der Waals surface area (Å²) in [6, 6.07) is 2.14. The van der Waals surface area contributed by atoms with E-state index in [9.17, 15) is 4.79 Å². The molecule has 0 aromatic carbocycles. The Bertz CT molecular complexity index is 408. The van der Waals surface area contributed by atoms with Gasteiger partial charge in [0.1, 0.15) is 0 Å². The van der Waals surface area contributed by atoms with Crippen LogP contribution in [0.5, 0.6) is 0 Å². The molecule has 1 aromatic heterocycles. The Morgan fingerprint density at radius 2 is 2.38 bits per heavy atom. The normalized spacial score (nSPS) is 21.2. The predicted octanol–water partition coefficient (Wildman–Crippen LogP) is 2.71. The molecule has 6 heteroatoms. The van der Waals surface area contributed by atoms with Crippen molar-refractivity contribution < 1.29 is 4.79 Å². The molecule has 1 aliphatic rings. The lowest BCUT2D eigenvalue weighted by Gasteiger charge is -2.33. The van der Waals surface area contributed by atoms with Crippen molar-refractivity contribution in [1.29, 1.82) is 0 Å². The Labute approximate surface area is 115 Å². The SMILES string of the molecule is C[C@@H]1CNCCN1C(=O)c1cc(Br)sc1Br. The van der Waals surface area contributed by atoms with Crippen LogP contribution in [0, 0.1) is 0 Å². The van der Waals surface area contributed by atoms with Crippen LogP contribution in [0.1, 0.15) is 17.3 Å². The molecule has 1 aliphatic heterocycles. The average molecular weight is 368 g/mol. The molecule has 0 bridgehead atoms. The highest BCUT2D eigenvalue weighted by molar-refractivity contribution is 9.12. The van der Waals surface area contributed by atoms with E-state index >= 15 is 0 Å². The van der Waals surface area contributed by atoms with Gasteiger partial charge in [-0.1, -0.05) is 0 Å². The number of piperazine rings is 1. The molecule has 0 spiro atoms. The maximum absolute atomic E-state index is 12.3. The molecule has 0 unspecified atom stereocenters. The molecule has 16 heavy (non-hydrogen) atoms. The highest BCUT2D eigenvalue weighted by Crippen LogP contribution is 2.32. The van der Waals surface area contributed by atoms with Crippen LogP contribution in [0.4, 0.5) is 0 Å². The summed E-state index contributed by atoms with van der Waals surface area (Å²) in [6.07, 6.45) is 0. The number of nitrogens with zero attached hydrogens (tertiary/aromatic N) is 1. The number of amides is 1. The molecule has 1 aromatic rings. The van der Waals surface area contributed by atoms with Crippen molar-refractivity contribution in [2.24, 2.45) is 0 Å². The molecule has 88 valence electrons. The van der Waals surface area contributed by atoms with Gasteiger partial charge >= 0.3 is 0 Å². The van der Waals surface area contributed by atoms with Gasteiger partial charge in [0, 0.05) is 25.7 Å². The molecule has 0 aliphatic carbocycles. The Kier molecular flexibility index (Phi) is 4.05. The Morgan fingerprint density at radius 3 is 2.94 bits per heavy atom. The summed E-state index contributed by atoms with van der Waals surface area (Å²) < 4.78 is 1.88. The first-order chi connectivity index (χ1) is 7.59. The van der Waals surface area contributed by atoms with Gasteiger partial charge in [-0.05, 0) is 44.8 Å². The Hall–Kier alpha value is 0.0900. The van der Waals surface area contributed by atoms with Gasteiger partial charge in [-0.2, -0.15) is 0 Å². The Balaban J connectivity index is 2.21. The van der Waals surface area contributed by atoms with Gasteiger partial charge in [-0.15, -0.1) is 11.3 Å². The summed E-state index contributed by atoms with van der Waals surface area (Å²) in [4.78, 5) is 14.2. The average Bonchev–Trinajstić information content (AvgIpc) is 2.58. The van der Waals surface area contributed by atoms with Crippen LogP contribution in [-0.4, -0.2) is 36.5 Å². The van der Waals surface area contributed by atoms with E-state index in [1.54, 1.807) is 0 Å². The lowest BCUT2D eigenvalue weighted by Crippen LogP contribution is -2.52. The van der Waals surface area contributed by atoms with Gasteiger partial charge in [-0.25, -0.2) is 0 Å². The molecule has 1 saturated heterocycles. The maximum atomic E-state index is 12.3. The molecule has 1 atom stereocenters. The van der Waals surface area contributed by atoms with Crippen molar-refractivity contribution in [2.75, 3.05) is 19.6 Å². The van der Waals surface area contributed by atoms with Crippen LogP contribution in [0.3, 0.4) is 0 Å². The van der Waals surface area contributed by atoms with Crippen molar-refractivity contribution in [2.45, 2.75) is 13.0 Å². The second-order valence-electron chi connectivity index (χ2n) is 3.79. The summed E-state index contributed by atoms with van der Waals surface area (Å²) in [5.74, 6) is 0.114. The summed E-state index contributed by atoms with van der Waals surface area (Å²) in [7, 11) is 0. The molecule has 2 rings (SSSR count). The van der Waals surface area contributed by atoms with Crippen molar-refractivity contribution >= 4 is 49.1 Å². The number of halogens is 2. The third kappa shape index (κ3) is 2.50. The second kappa shape index (κ2) is 5.16. The van der Waals surface area contributed by atoms with Gasteiger partial charge in [0.2, 0.25) is 0 Å². The number of hydrogen-bond acceptors (Lipinski definition) is 3. The van der Waals surface area contributed by atoms with Crippen LogP contribution >= 0.6 is 43.2 Å². The predicted molar refractivity (Wildman–Crippen MR) is 73.1 cm³/mol. The highest BCUT2D eigenvalue weighted by Gasteiger charge is 2.26. The van der Waals surface area contributed by atoms with Gasteiger partial charge in [0.15, 0.2) is 0 Å². The summed E-state index contributed by atoms with van der Waals surface area (Å²) in [5.41, 5.74) is 0.755. The monoisotopic (exact) mass is 366 g/mol. The van der Waals surface area contributed by atoms with Crippen molar-refractivity contribution in [1.82, 2.24) is 10.2 Å². The number of carbonyl (C=O) groups excluding carboxylic acids is 1. The quantitative estimate of drug-likeness (QED) is 0.827. The van der Waals surface area contributed by atoms with E-state index in [1.165, 1.54) is 11.3 Å². The maximum Gasteiger partial charge on any atom is 0.256 e. The van der Waals surface area contributed by atoms with E-state index in [1.807, 2.05) is 11.0 Å². The third-order valence-electron chi connectivity index (χ3n) is 2.65. The first kappa shape index (κ1) is 12.5. The van der Waals surface area contributed by atoms with Gasteiger partial charge < -0.3 is 10.2 Å². The third-order valence-corrected chi connectivity index (χ3v) is 4.99. The lowest BCUT2D eigenvalue weighted by atomic mass is 10.2. The standard InChI is InChI=1S/C10H12Br2N2OS/c1-6-5-13-2-3-14(6)10(15)7-4-8(11)16-9(7)12/h4,6,13H,2-3,5H2,1H3/t6-/m1/s1. The minimum Gasteiger partial charge on any atom is -0.333 e. The molecule has 0 radical (unpaired) electrons. The minimum absolute atomic E-state index is 0.114. The molecule has 1 amide bonds. The summed E-state index contributed by atoms with van der Waals surface area (Å²) in [6.45, 7) is 4.59. The zero-order valence-electron chi connectivity index (χ0n) is 8.80. The zero-order valence-corrected chi connectivity index (χ0v) is 12.8. The Morgan fingerprint density at radius 1 is 1.62 bits per heavy atom. The van der Waals surface area contributed by atoms with Crippen LogP contribution in [-0.2, 0) is 0 Å². The second-order valence-corrected chi connectivity index (χ2v) is 7.54. The topological polar surface area (TPSA) is 32.3 Å². The number of hydrogen-bond donors (Lipinski definition) is 1. The van der Waals surface area contributed by atoms with Crippen molar-refractivity contribution in [3.05, 3.63) is 19.2 Å². The van der Waals surface area contributed by atoms with E-state index in [0.29, 0.717) is 0 Å². The first-order valence-electron chi connectivity index (χ1n) is 5.06. The molecule has 2 heterocycles. The van der Waals surface area contributed by atoms with Crippen LogP contribution in [0.15, 0.2) is 13.6 Å². The number of thiophene rings is 1. The fourth-order valence-corrected chi connectivity index (χ4v) is 4.56. The fraction of sp³-hybridized carbons (Fsp3) is 0.500. The van der Waals surface area contributed by atoms with Gasteiger partial charge in [0.05, 0.1) is 13.1 Å². The van der Waals surface area contributed by atoms with E-state index < -0.39 is 0 Å². The highest BCUT2D eigenvalue weighted by atomic mass is 79.9. The largest absolute Gasteiger partial charge is 0.333 e. The van der Waals surface area contributed by atoms with Crippen LogP contribution in [0.25, 0.3) is 0 Å². The van der Waals surface area contributed by atoms with Gasteiger partial charge in [0.25, 0.3) is 5.91 Å². The zero-order chi connectivity index (χ0) is 11.7. The molecular weight excluding hydrogens is 356 g/mol.